The number of piperazine rings is 1. The zero-order valence-corrected chi connectivity index (χ0v) is 11.8. The summed E-state index contributed by atoms with van der Waals surface area (Å²) < 4.78 is 0.759. The van der Waals surface area contributed by atoms with E-state index in [-0.39, 0.29) is 10.6 Å². The molecule has 5 nitrogen and oxygen atoms in total. The summed E-state index contributed by atoms with van der Waals surface area (Å²) in [6.07, 6.45) is 0. The van der Waals surface area contributed by atoms with Crippen molar-refractivity contribution in [2.75, 3.05) is 19.6 Å². The Balaban J connectivity index is 2.15. The highest BCUT2D eigenvalue weighted by atomic mass is 79.9. The van der Waals surface area contributed by atoms with Gasteiger partial charge in [0.1, 0.15) is 0 Å². The first-order chi connectivity index (χ1) is 8.56. The van der Waals surface area contributed by atoms with Crippen LogP contribution < -0.4 is 5.32 Å². The Labute approximate surface area is 114 Å². The van der Waals surface area contributed by atoms with Crippen molar-refractivity contribution in [2.45, 2.75) is 19.5 Å². The number of hydrogen-bond donors (Lipinski definition) is 1. The van der Waals surface area contributed by atoms with Crippen LogP contribution in [0, 0.1) is 10.1 Å². The van der Waals surface area contributed by atoms with E-state index < -0.39 is 0 Å². The Morgan fingerprint density at radius 2 is 2.33 bits per heavy atom. The lowest BCUT2D eigenvalue weighted by atomic mass is 10.1. The van der Waals surface area contributed by atoms with Gasteiger partial charge in [-0.1, -0.05) is 15.9 Å². The molecule has 1 heterocycles. The average Bonchev–Trinajstić information content (AvgIpc) is 2.31. The summed E-state index contributed by atoms with van der Waals surface area (Å²) in [7, 11) is 0. The molecule has 1 atom stereocenters. The van der Waals surface area contributed by atoms with Crippen LogP contribution in [0.2, 0.25) is 0 Å². The van der Waals surface area contributed by atoms with Crippen LogP contribution >= 0.6 is 15.9 Å². The van der Waals surface area contributed by atoms with Gasteiger partial charge in [-0.15, -0.1) is 0 Å². The fourth-order valence-corrected chi connectivity index (χ4v) is 2.71. The SMILES string of the molecule is CC1CNCCN1Cc1cc(Br)cc([N+](=O)[O-])c1. The van der Waals surface area contributed by atoms with Crippen molar-refractivity contribution in [3.05, 3.63) is 38.3 Å². The number of nitro groups is 1. The zero-order chi connectivity index (χ0) is 13.1. The second-order valence-electron chi connectivity index (χ2n) is 4.60. The molecular weight excluding hydrogens is 298 g/mol. The van der Waals surface area contributed by atoms with Crippen LogP contribution in [0.1, 0.15) is 12.5 Å². The first-order valence-corrected chi connectivity index (χ1v) is 6.74. The molecule has 98 valence electrons. The van der Waals surface area contributed by atoms with E-state index in [1.54, 1.807) is 6.07 Å². The van der Waals surface area contributed by atoms with Gasteiger partial charge in [-0.2, -0.15) is 0 Å². The molecule has 1 saturated heterocycles. The first kappa shape index (κ1) is 13.5. The molecule has 0 aliphatic carbocycles. The molecule has 0 spiro atoms. The fourth-order valence-electron chi connectivity index (χ4n) is 2.18. The van der Waals surface area contributed by atoms with Gasteiger partial charge >= 0.3 is 0 Å². The maximum absolute atomic E-state index is 10.8. The molecular formula is C12H16BrN3O2. The molecule has 1 unspecified atom stereocenters. The molecule has 0 radical (unpaired) electrons. The zero-order valence-electron chi connectivity index (χ0n) is 10.2. The van der Waals surface area contributed by atoms with E-state index in [9.17, 15) is 10.1 Å². The second-order valence-corrected chi connectivity index (χ2v) is 5.51. The molecule has 0 aromatic heterocycles. The maximum Gasteiger partial charge on any atom is 0.270 e. The Kier molecular flexibility index (Phi) is 4.31. The van der Waals surface area contributed by atoms with Gasteiger partial charge in [0.05, 0.1) is 4.92 Å². The number of nitrogens with zero attached hydrogens (tertiary/aromatic N) is 2. The van der Waals surface area contributed by atoms with E-state index in [2.05, 4.69) is 33.1 Å². The van der Waals surface area contributed by atoms with E-state index in [1.165, 1.54) is 6.07 Å². The molecule has 2 rings (SSSR count). The monoisotopic (exact) mass is 313 g/mol. The maximum atomic E-state index is 10.8. The van der Waals surface area contributed by atoms with E-state index in [1.807, 2.05) is 6.07 Å². The summed E-state index contributed by atoms with van der Waals surface area (Å²) >= 11 is 3.33. The second kappa shape index (κ2) is 5.77. The summed E-state index contributed by atoms with van der Waals surface area (Å²) in [6.45, 7) is 5.83. The number of halogens is 1. The third-order valence-electron chi connectivity index (χ3n) is 3.18. The van der Waals surface area contributed by atoms with E-state index in [4.69, 9.17) is 0 Å². The molecule has 1 fully saturated rings. The van der Waals surface area contributed by atoms with Gasteiger partial charge in [0.15, 0.2) is 0 Å². The predicted molar refractivity (Wildman–Crippen MR) is 73.5 cm³/mol. The van der Waals surface area contributed by atoms with Gasteiger partial charge < -0.3 is 5.32 Å². The third kappa shape index (κ3) is 3.28. The molecule has 1 aliphatic rings. The Morgan fingerprint density at radius 1 is 1.56 bits per heavy atom. The third-order valence-corrected chi connectivity index (χ3v) is 3.64. The minimum absolute atomic E-state index is 0.141. The Bertz CT molecular complexity index is 453. The fraction of sp³-hybridized carbons (Fsp3) is 0.500. The Morgan fingerprint density at radius 3 is 3.00 bits per heavy atom. The highest BCUT2D eigenvalue weighted by molar-refractivity contribution is 9.10. The van der Waals surface area contributed by atoms with Crippen molar-refractivity contribution in [1.82, 2.24) is 10.2 Å². The van der Waals surface area contributed by atoms with E-state index in [0.29, 0.717) is 6.04 Å². The van der Waals surface area contributed by atoms with Gasteiger partial charge in [-0.3, -0.25) is 15.0 Å². The first-order valence-electron chi connectivity index (χ1n) is 5.95. The van der Waals surface area contributed by atoms with Crippen molar-refractivity contribution >= 4 is 21.6 Å². The minimum atomic E-state index is -0.352. The lowest BCUT2D eigenvalue weighted by Gasteiger charge is -2.33. The number of rotatable bonds is 3. The number of nitro benzene ring substituents is 1. The number of non-ortho nitro benzene ring substituents is 1. The van der Waals surface area contributed by atoms with Crippen LogP contribution in [0.4, 0.5) is 5.69 Å². The molecule has 0 bridgehead atoms. The molecule has 1 N–H and O–H groups in total. The normalized spacial score (nSPS) is 20.9. The van der Waals surface area contributed by atoms with Crippen LogP contribution in [-0.2, 0) is 6.54 Å². The number of hydrogen-bond acceptors (Lipinski definition) is 4. The molecule has 1 aromatic carbocycles. The van der Waals surface area contributed by atoms with Crippen molar-refractivity contribution < 1.29 is 4.92 Å². The summed E-state index contributed by atoms with van der Waals surface area (Å²) in [4.78, 5) is 12.8. The molecule has 18 heavy (non-hydrogen) atoms. The quantitative estimate of drug-likeness (QED) is 0.686. The summed E-state index contributed by atoms with van der Waals surface area (Å²) in [5, 5.41) is 14.2. The van der Waals surface area contributed by atoms with Crippen LogP contribution in [0.5, 0.6) is 0 Å². The van der Waals surface area contributed by atoms with E-state index in [0.717, 1.165) is 36.2 Å². The van der Waals surface area contributed by atoms with Crippen LogP contribution in [0.15, 0.2) is 22.7 Å². The smallest absolute Gasteiger partial charge is 0.270 e. The topological polar surface area (TPSA) is 58.4 Å². The van der Waals surface area contributed by atoms with Gasteiger partial charge in [-0.05, 0) is 18.6 Å². The van der Waals surface area contributed by atoms with Crippen molar-refractivity contribution in [2.24, 2.45) is 0 Å². The molecule has 1 aromatic rings. The van der Waals surface area contributed by atoms with Gasteiger partial charge in [0.25, 0.3) is 5.69 Å². The number of nitrogens with one attached hydrogen (secondary N) is 1. The van der Waals surface area contributed by atoms with Crippen LogP contribution in [-0.4, -0.2) is 35.5 Å². The molecule has 0 saturated carbocycles. The average molecular weight is 314 g/mol. The molecule has 0 amide bonds. The summed E-state index contributed by atoms with van der Waals surface area (Å²) in [6, 6.07) is 5.59. The lowest BCUT2D eigenvalue weighted by Crippen LogP contribution is -2.49. The van der Waals surface area contributed by atoms with E-state index >= 15 is 0 Å². The summed E-state index contributed by atoms with van der Waals surface area (Å²) in [5.41, 5.74) is 1.12. The van der Waals surface area contributed by atoms with Crippen molar-refractivity contribution in [3.63, 3.8) is 0 Å². The van der Waals surface area contributed by atoms with Gasteiger partial charge in [0.2, 0.25) is 0 Å². The standard InChI is InChI=1S/C12H16BrN3O2/c1-9-7-14-2-3-15(9)8-10-4-11(13)6-12(5-10)16(17)18/h4-6,9,14H,2-3,7-8H2,1H3. The van der Waals surface area contributed by atoms with Crippen molar-refractivity contribution in [3.8, 4) is 0 Å². The molecule has 6 heteroatoms. The van der Waals surface area contributed by atoms with Crippen LogP contribution in [0.3, 0.4) is 0 Å². The van der Waals surface area contributed by atoms with Gasteiger partial charge in [0, 0.05) is 48.8 Å². The number of benzene rings is 1. The highest BCUT2D eigenvalue weighted by Crippen LogP contribution is 2.23. The van der Waals surface area contributed by atoms with Crippen LogP contribution in [0.25, 0.3) is 0 Å². The van der Waals surface area contributed by atoms with Crippen molar-refractivity contribution in [1.29, 1.82) is 0 Å². The van der Waals surface area contributed by atoms with Gasteiger partial charge in [-0.25, -0.2) is 0 Å². The Hall–Kier alpha value is -0.980. The predicted octanol–water partition coefficient (Wildman–Crippen LogP) is 2.15. The minimum Gasteiger partial charge on any atom is -0.314 e. The lowest BCUT2D eigenvalue weighted by molar-refractivity contribution is -0.385. The summed E-state index contributed by atoms with van der Waals surface area (Å²) in [5.74, 6) is 0. The largest absolute Gasteiger partial charge is 0.314 e. The molecule has 1 aliphatic heterocycles. The highest BCUT2D eigenvalue weighted by Gasteiger charge is 2.19.